The summed E-state index contributed by atoms with van der Waals surface area (Å²) in [6, 6.07) is 0. The summed E-state index contributed by atoms with van der Waals surface area (Å²) in [5, 5.41) is 2.14. The van der Waals surface area contributed by atoms with Gasteiger partial charge in [-0.25, -0.2) is 14.0 Å². The van der Waals surface area contributed by atoms with Crippen LogP contribution in [0.15, 0.2) is 20.7 Å². The number of cyclic esters (lactones) is 2. The first-order valence-corrected chi connectivity index (χ1v) is 8.34. The number of hydrogen-bond acceptors (Lipinski definition) is 5. The van der Waals surface area contributed by atoms with E-state index in [-0.39, 0.29) is 30.3 Å². The molecule has 1 fully saturated rings. The molecule has 10 heteroatoms. The van der Waals surface area contributed by atoms with Gasteiger partial charge >= 0.3 is 11.9 Å². The summed E-state index contributed by atoms with van der Waals surface area (Å²) in [5.41, 5.74) is -0.140. The molecule has 1 aromatic rings. The fraction of sp³-hybridized carbons (Fsp3) is 0.231. The Morgan fingerprint density at radius 2 is 1.52 bits per heavy atom. The zero-order valence-electron chi connectivity index (χ0n) is 11.6. The van der Waals surface area contributed by atoms with E-state index in [1.165, 1.54) is 13.8 Å². The number of rotatable bonds is 2. The van der Waals surface area contributed by atoms with Gasteiger partial charge in [0.2, 0.25) is 0 Å². The van der Waals surface area contributed by atoms with Crippen LogP contribution >= 0.6 is 55.1 Å². The summed E-state index contributed by atoms with van der Waals surface area (Å²) in [7, 11) is 0. The van der Waals surface area contributed by atoms with Crippen molar-refractivity contribution in [2.24, 2.45) is 0 Å². The first-order valence-electron chi connectivity index (χ1n) is 6.00. The molecule has 2 rings (SSSR count). The van der Waals surface area contributed by atoms with Gasteiger partial charge in [0, 0.05) is 20.0 Å². The van der Waals surface area contributed by atoms with Crippen LogP contribution < -0.4 is 5.32 Å². The maximum Gasteiger partial charge on any atom is 0.350 e. The third-order valence-electron chi connectivity index (χ3n) is 2.69. The van der Waals surface area contributed by atoms with Crippen molar-refractivity contribution in [3.8, 4) is 0 Å². The molecule has 124 valence electrons. The number of esters is 2. The van der Waals surface area contributed by atoms with Crippen molar-refractivity contribution < 1.29 is 23.5 Å². The molecule has 0 amide bonds. The van der Waals surface area contributed by atoms with E-state index in [4.69, 9.17) is 32.7 Å². The van der Waals surface area contributed by atoms with Crippen molar-refractivity contribution in [3.05, 3.63) is 36.6 Å². The SMILES string of the molecule is CC1(C)OC(=O)C(=CNc2c(Br)c(Cl)c(F)c(Cl)c2Br)C(=O)O1. The smallest absolute Gasteiger partial charge is 0.350 e. The van der Waals surface area contributed by atoms with Crippen LogP contribution in [0.25, 0.3) is 0 Å². The zero-order chi connectivity index (χ0) is 17.5. The van der Waals surface area contributed by atoms with Crippen molar-refractivity contribution in [2.75, 3.05) is 5.32 Å². The van der Waals surface area contributed by atoms with E-state index in [9.17, 15) is 14.0 Å². The topological polar surface area (TPSA) is 64.6 Å². The average Bonchev–Trinajstić information content (AvgIpc) is 2.44. The third-order valence-corrected chi connectivity index (χ3v) is 5.44. The number of hydrogen-bond donors (Lipinski definition) is 1. The van der Waals surface area contributed by atoms with Crippen molar-refractivity contribution >= 4 is 72.7 Å². The molecule has 1 heterocycles. The lowest BCUT2D eigenvalue weighted by Gasteiger charge is -2.29. The number of nitrogens with one attached hydrogen (secondary N) is 1. The van der Waals surface area contributed by atoms with Gasteiger partial charge in [0.1, 0.15) is 0 Å². The van der Waals surface area contributed by atoms with Gasteiger partial charge in [0.25, 0.3) is 5.79 Å². The minimum Gasteiger partial charge on any atom is -0.419 e. The lowest BCUT2D eigenvalue weighted by molar-refractivity contribution is -0.222. The molecular formula is C13H8Br2Cl2FNO4. The summed E-state index contributed by atoms with van der Waals surface area (Å²) in [6.07, 6.45) is 1.06. The number of anilines is 1. The van der Waals surface area contributed by atoms with Crippen LogP contribution in [0.2, 0.25) is 10.0 Å². The van der Waals surface area contributed by atoms with Gasteiger partial charge in [-0.1, -0.05) is 23.2 Å². The van der Waals surface area contributed by atoms with E-state index >= 15 is 0 Å². The van der Waals surface area contributed by atoms with Crippen LogP contribution in [0, 0.1) is 5.82 Å². The summed E-state index contributed by atoms with van der Waals surface area (Å²) in [4.78, 5) is 23.7. The fourth-order valence-corrected chi connectivity index (χ4v) is 3.32. The van der Waals surface area contributed by atoms with E-state index in [1.54, 1.807) is 0 Å². The van der Waals surface area contributed by atoms with E-state index in [2.05, 4.69) is 37.2 Å². The highest BCUT2D eigenvalue weighted by Crippen LogP contribution is 2.44. The summed E-state index contributed by atoms with van der Waals surface area (Å²) < 4.78 is 23.9. The van der Waals surface area contributed by atoms with Crippen molar-refractivity contribution in [3.63, 3.8) is 0 Å². The van der Waals surface area contributed by atoms with E-state index in [1.807, 2.05) is 0 Å². The second kappa shape index (κ2) is 6.58. The molecule has 0 aromatic heterocycles. The van der Waals surface area contributed by atoms with E-state index < -0.39 is 23.5 Å². The summed E-state index contributed by atoms with van der Waals surface area (Å²) >= 11 is 17.8. The molecule has 1 aromatic carbocycles. The summed E-state index contributed by atoms with van der Waals surface area (Å²) in [5.74, 6) is -3.87. The molecule has 0 aliphatic carbocycles. The Kier molecular flexibility index (Phi) is 5.30. The first-order chi connectivity index (χ1) is 10.5. The molecule has 0 bridgehead atoms. The van der Waals surface area contributed by atoms with E-state index in [0.29, 0.717) is 0 Å². The average molecular weight is 492 g/mol. The molecule has 0 spiro atoms. The molecule has 5 nitrogen and oxygen atoms in total. The Morgan fingerprint density at radius 3 is 1.96 bits per heavy atom. The largest absolute Gasteiger partial charge is 0.419 e. The summed E-state index contributed by atoms with van der Waals surface area (Å²) in [6.45, 7) is 2.86. The Bertz CT molecular complexity index is 701. The standard InChI is InChI=1S/C13H8Br2Cl2FNO4/c1-13(2)22-11(20)4(12(21)23-13)3-19-10-5(14)7(16)9(18)8(17)6(10)15/h3,19H,1-2H3. The lowest BCUT2D eigenvalue weighted by atomic mass is 10.2. The predicted molar refractivity (Wildman–Crippen MR) is 89.8 cm³/mol. The fourth-order valence-electron chi connectivity index (χ4n) is 1.65. The monoisotopic (exact) mass is 489 g/mol. The van der Waals surface area contributed by atoms with Gasteiger partial charge in [0.15, 0.2) is 11.4 Å². The Hall–Kier alpha value is -0.830. The van der Waals surface area contributed by atoms with Crippen molar-refractivity contribution in [2.45, 2.75) is 19.6 Å². The van der Waals surface area contributed by atoms with Crippen LogP contribution in [-0.2, 0) is 19.1 Å². The molecule has 1 aliphatic rings. The quantitative estimate of drug-likeness (QED) is 0.212. The van der Waals surface area contributed by atoms with Gasteiger partial charge in [-0.3, -0.25) is 0 Å². The van der Waals surface area contributed by atoms with Gasteiger partial charge < -0.3 is 14.8 Å². The van der Waals surface area contributed by atoms with Gasteiger partial charge in [0.05, 0.1) is 24.7 Å². The van der Waals surface area contributed by atoms with Crippen molar-refractivity contribution in [1.82, 2.24) is 0 Å². The normalized spacial score (nSPS) is 16.7. The van der Waals surface area contributed by atoms with Gasteiger partial charge in [-0.15, -0.1) is 0 Å². The molecule has 0 saturated carbocycles. The second-order valence-corrected chi connectivity index (χ2v) is 7.17. The van der Waals surface area contributed by atoms with Crippen LogP contribution in [0.1, 0.15) is 13.8 Å². The minimum absolute atomic E-state index is 0.155. The number of ether oxygens (including phenoxy) is 2. The molecule has 1 saturated heterocycles. The van der Waals surface area contributed by atoms with Crippen LogP contribution in [-0.4, -0.2) is 17.7 Å². The molecular weight excluding hydrogens is 484 g/mol. The zero-order valence-corrected chi connectivity index (χ0v) is 16.3. The molecule has 23 heavy (non-hydrogen) atoms. The Balaban J connectivity index is 2.38. The van der Waals surface area contributed by atoms with E-state index in [0.717, 1.165) is 6.20 Å². The van der Waals surface area contributed by atoms with Crippen molar-refractivity contribution in [1.29, 1.82) is 0 Å². The third kappa shape index (κ3) is 3.65. The Labute approximate surface area is 157 Å². The van der Waals surface area contributed by atoms with Crippen LogP contribution in [0.3, 0.4) is 0 Å². The molecule has 1 aliphatic heterocycles. The Morgan fingerprint density at radius 1 is 1.09 bits per heavy atom. The van der Waals surface area contributed by atoms with Crippen LogP contribution in [0.5, 0.6) is 0 Å². The van der Waals surface area contributed by atoms with Gasteiger partial charge in [-0.05, 0) is 31.9 Å². The maximum absolute atomic E-state index is 13.7. The first kappa shape index (κ1) is 18.5. The highest BCUT2D eigenvalue weighted by atomic mass is 79.9. The molecule has 0 atom stereocenters. The molecule has 0 radical (unpaired) electrons. The molecule has 1 N–H and O–H groups in total. The number of carbonyl (C=O) groups is 2. The number of carbonyl (C=O) groups excluding carboxylic acids is 2. The molecule has 0 unspecified atom stereocenters. The minimum atomic E-state index is -1.34. The van der Waals surface area contributed by atoms with Gasteiger partial charge in [-0.2, -0.15) is 0 Å². The highest BCUT2D eigenvalue weighted by molar-refractivity contribution is 9.11. The maximum atomic E-state index is 13.7. The number of halogens is 5. The predicted octanol–water partition coefficient (Wildman–Crippen LogP) is 4.79. The number of benzene rings is 1. The highest BCUT2D eigenvalue weighted by Gasteiger charge is 2.39. The lowest BCUT2D eigenvalue weighted by Crippen LogP contribution is -2.42. The van der Waals surface area contributed by atoms with Crippen LogP contribution in [0.4, 0.5) is 10.1 Å². The second-order valence-electron chi connectivity index (χ2n) is 4.83.